The summed E-state index contributed by atoms with van der Waals surface area (Å²) < 4.78 is 10.3. The smallest absolute Gasteiger partial charge is 0.346 e. The summed E-state index contributed by atoms with van der Waals surface area (Å²) in [7, 11) is 0. The van der Waals surface area contributed by atoms with Crippen molar-refractivity contribution < 1.29 is 19.1 Å². The van der Waals surface area contributed by atoms with Gasteiger partial charge in [0.05, 0.1) is 28.8 Å². The van der Waals surface area contributed by atoms with E-state index in [0.717, 1.165) is 0 Å². The standard InChI is InChI=1S/C17H15NO5/c1-4-22-16(20)13-8(2)14-15(18-9(13)3)11-7-10(19)5-6-12(11)23-17(14)21/h5-7,19H,4H2,1-3H3. The summed E-state index contributed by atoms with van der Waals surface area (Å²) in [6.45, 7) is 5.29. The average Bonchev–Trinajstić information content (AvgIpc) is 2.48. The second-order valence-corrected chi connectivity index (χ2v) is 5.21. The molecule has 2 aromatic heterocycles. The van der Waals surface area contributed by atoms with Crippen LogP contribution in [-0.4, -0.2) is 22.7 Å². The Hall–Kier alpha value is -2.89. The Kier molecular flexibility index (Phi) is 3.52. The molecule has 0 bridgehead atoms. The third kappa shape index (κ3) is 2.32. The Bertz CT molecular complexity index is 1000. The Morgan fingerprint density at radius 3 is 2.78 bits per heavy atom. The largest absolute Gasteiger partial charge is 0.508 e. The molecular weight excluding hydrogens is 298 g/mol. The van der Waals surface area contributed by atoms with E-state index in [4.69, 9.17) is 9.15 Å². The zero-order valence-electron chi connectivity index (χ0n) is 13.0. The summed E-state index contributed by atoms with van der Waals surface area (Å²) in [5, 5.41) is 10.4. The van der Waals surface area contributed by atoms with Crippen LogP contribution < -0.4 is 5.63 Å². The molecule has 1 N–H and O–H groups in total. The van der Waals surface area contributed by atoms with E-state index in [-0.39, 0.29) is 23.3 Å². The number of pyridine rings is 1. The SMILES string of the molecule is CCOC(=O)c1c(C)nc2c(c1C)c(=O)oc1ccc(O)cc12. The summed E-state index contributed by atoms with van der Waals surface area (Å²) in [5.41, 5.74) is 1.35. The van der Waals surface area contributed by atoms with Crippen LogP contribution >= 0.6 is 0 Å². The van der Waals surface area contributed by atoms with Crippen molar-refractivity contribution in [3.05, 3.63) is 45.4 Å². The minimum Gasteiger partial charge on any atom is -0.508 e. The lowest BCUT2D eigenvalue weighted by Gasteiger charge is -2.12. The maximum atomic E-state index is 12.3. The number of fused-ring (bicyclic) bond motifs is 3. The lowest BCUT2D eigenvalue weighted by Crippen LogP contribution is -2.14. The van der Waals surface area contributed by atoms with Gasteiger partial charge in [0.25, 0.3) is 0 Å². The molecule has 0 radical (unpaired) electrons. The van der Waals surface area contributed by atoms with Gasteiger partial charge < -0.3 is 14.3 Å². The molecular formula is C17H15NO5. The van der Waals surface area contributed by atoms with E-state index in [2.05, 4.69) is 4.98 Å². The van der Waals surface area contributed by atoms with Crippen molar-refractivity contribution in [1.29, 1.82) is 0 Å². The molecule has 2 heterocycles. The summed E-state index contributed by atoms with van der Waals surface area (Å²) in [5.74, 6) is -0.480. The molecule has 0 fully saturated rings. The number of aryl methyl sites for hydroxylation is 2. The van der Waals surface area contributed by atoms with Crippen LogP contribution in [-0.2, 0) is 4.74 Å². The first kappa shape index (κ1) is 15.0. The van der Waals surface area contributed by atoms with Gasteiger partial charge in [0.15, 0.2) is 0 Å². The number of aromatic hydroxyl groups is 1. The lowest BCUT2D eigenvalue weighted by molar-refractivity contribution is 0.0524. The molecule has 0 aliphatic heterocycles. The predicted molar refractivity (Wildman–Crippen MR) is 84.9 cm³/mol. The number of aromatic nitrogens is 1. The van der Waals surface area contributed by atoms with E-state index in [1.165, 1.54) is 18.2 Å². The van der Waals surface area contributed by atoms with Crippen molar-refractivity contribution in [3.8, 4) is 5.75 Å². The van der Waals surface area contributed by atoms with Crippen LogP contribution in [0.25, 0.3) is 21.9 Å². The topological polar surface area (TPSA) is 89.6 Å². The number of phenols is 1. The maximum absolute atomic E-state index is 12.3. The molecule has 0 spiro atoms. The van der Waals surface area contributed by atoms with Gasteiger partial charge in [-0.1, -0.05) is 0 Å². The Labute approximate surface area is 131 Å². The Morgan fingerprint density at radius 1 is 1.35 bits per heavy atom. The molecule has 0 amide bonds. The van der Waals surface area contributed by atoms with Crippen molar-refractivity contribution >= 4 is 27.8 Å². The van der Waals surface area contributed by atoms with E-state index in [1.807, 2.05) is 0 Å². The number of ether oxygens (including phenoxy) is 1. The van der Waals surface area contributed by atoms with E-state index in [9.17, 15) is 14.7 Å². The van der Waals surface area contributed by atoms with Gasteiger partial charge in [0, 0.05) is 5.39 Å². The number of hydrogen-bond donors (Lipinski definition) is 1. The van der Waals surface area contributed by atoms with Crippen LogP contribution in [0.15, 0.2) is 27.4 Å². The van der Waals surface area contributed by atoms with Crippen LogP contribution in [0.4, 0.5) is 0 Å². The second kappa shape index (κ2) is 5.39. The molecule has 0 unspecified atom stereocenters. The quantitative estimate of drug-likeness (QED) is 0.444. The fraction of sp³-hybridized carbons (Fsp3) is 0.235. The van der Waals surface area contributed by atoms with Gasteiger partial charge in [-0.15, -0.1) is 0 Å². The van der Waals surface area contributed by atoms with Crippen LogP contribution in [0.2, 0.25) is 0 Å². The summed E-state index contributed by atoms with van der Waals surface area (Å²) >= 11 is 0. The highest BCUT2D eigenvalue weighted by Gasteiger charge is 2.21. The van der Waals surface area contributed by atoms with E-state index >= 15 is 0 Å². The molecule has 0 atom stereocenters. The van der Waals surface area contributed by atoms with E-state index in [0.29, 0.717) is 27.7 Å². The maximum Gasteiger partial charge on any atom is 0.346 e. The first-order valence-electron chi connectivity index (χ1n) is 7.18. The minimum atomic E-state index is -0.575. The van der Waals surface area contributed by atoms with Crippen molar-refractivity contribution in [3.63, 3.8) is 0 Å². The fourth-order valence-electron chi connectivity index (χ4n) is 2.75. The zero-order valence-corrected chi connectivity index (χ0v) is 13.0. The van der Waals surface area contributed by atoms with Gasteiger partial charge in [0.1, 0.15) is 11.3 Å². The van der Waals surface area contributed by atoms with Gasteiger partial charge in [-0.25, -0.2) is 9.59 Å². The zero-order chi connectivity index (χ0) is 16.7. The van der Waals surface area contributed by atoms with Gasteiger partial charge in [0.2, 0.25) is 0 Å². The molecule has 118 valence electrons. The number of rotatable bonds is 2. The highest BCUT2D eigenvalue weighted by molar-refractivity contribution is 6.06. The molecule has 6 nitrogen and oxygen atoms in total. The monoisotopic (exact) mass is 313 g/mol. The number of esters is 1. The fourth-order valence-corrected chi connectivity index (χ4v) is 2.75. The summed E-state index contributed by atoms with van der Waals surface area (Å²) in [6, 6.07) is 4.43. The van der Waals surface area contributed by atoms with Crippen LogP contribution in [0.3, 0.4) is 0 Å². The summed E-state index contributed by atoms with van der Waals surface area (Å²) in [4.78, 5) is 28.8. The molecule has 0 saturated carbocycles. The Morgan fingerprint density at radius 2 is 2.09 bits per heavy atom. The summed E-state index contributed by atoms with van der Waals surface area (Å²) in [6.07, 6.45) is 0. The minimum absolute atomic E-state index is 0.0409. The third-order valence-corrected chi connectivity index (χ3v) is 3.73. The first-order chi connectivity index (χ1) is 10.9. The van der Waals surface area contributed by atoms with Gasteiger partial charge in [-0.3, -0.25) is 4.98 Å². The molecule has 23 heavy (non-hydrogen) atoms. The molecule has 0 aliphatic rings. The van der Waals surface area contributed by atoms with Crippen molar-refractivity contribution in [2.24, 2.45) is 0 Å². The number of carbonyl (C=O) groups excluding carboxylic acids is 1. The number of benzene rings is 1. The number of carbonyl (C=O) groups is 1. The lowest BCUT2D eigenvalue weighted by atomic mass is 10.0. The molecule has 3 aromatic rings. The highest BCUT2D eigenvalue weighted by atomic mass is 16.5. The number of nitrogens with zero attached hydrogens (tertiary/aromatic N) is 1. The van der Waals surface area contributed by atoms with Crippen molar-refractivity contribution in [1.82, 2.24) is 4.98 Å². The van der Waals surface area contributed by atoms with Gasteiger partial charge in [-0.2, -0.15) is 0 Å². The highest BCUT2D eigenvalue weighted by Crippen LogP contribution is 2.29. The third-order valence-electron chi connectivity index (χ3n) is 3.73. The average molecular weight is 313 g/mol. The van der Waals surface area contributed by atoms with E-state index < -0.39 is 11.6 Å². The molecule has 3 rings (SSSR count). The van der Waals surface area contributed by atoms with Gasteiger partial charge in [-0.05, 0) is 44.5 Å². The van der Waals surface area contributed by atoms with Crippen molar-refractivity contribution in [2.45, 2.75) is 20.8 Å². The van der Waals surface area contributed by atoms with Crippen LogP contribution in [0, 0.1) is 13.8 Å². The number of hydrogen-bond acceptors (Lipinski definition) is 6. The first-order valence-corrected chi connectivity index (χ1v) is 7.18. The normalized spacial score (nSPS) is 11.1. The van der Waals surface area contributed by atoms with Crippen LogP contribution in [0.5, 0.6) is 5.75 Å². The van der Waals surface area contributed by atoms with Crippen LogP contribution in [0.1, 0.15) is 28.5 Å². The Balaban J connectivity index is 2.47. The van der Waals surface area contributed by atoms with Crippen molar-refractivity contribution in [2.75, 3.05) is 6.61 Å². The predicted octanol–water partition coefficient (Wildman–Crippen LogP) is 2.84. The molecule has 6 heteroatoms. The number of phenolic OH excluding ortho intramolecular Hbond substituents is 1. The molecule has 0 saturated heterocycles. The second-order valence-electron chi connectivity index (χ2n) is 5.21. The van der Waals surface area contributed by atoms with E-state index in [1.54, 1.807) is 20.8 Å². The molecule has 1 aromatic carbocycles. The van der Waals surface area contributed by atoms with Gasteiger partial charge >= 0.3 is 11.6 Å². The molecule has 0 aliphatic carbocycles.